The van der Waals surface area contributed by atoms with E-state index in [1.807, 2.05) is 0 Å². The monoisotopic (exact) mass is 522 g/mol. The largest absolute Gasteiger partial charge is 0.490 e. The second-order valence-corrected chi connectivity index (χ2v) is 9.38. The lowest BCUT2D eigenvalue weighted by Gasteiger charge is -2.22. The molecule has 0 aliphatic carbocycles. The smallest absolute Gasteiger partial charge is 0.350 e. The zero-order valence-corrected chi connectivity index (χ0v) is 20.8. The van der Waals surface area contributed by atoms with Crippen molar-refractivity contribution >= 4 is 50.9 Å². The lowest BCUT2D eigenvalue weighted by molar-refractivity contribution is 0.0605. The van der Waals surface area contributed by atoms with Crippen LogP contribution in [0.5, 0.6) is 5.75 Å². The predicted octanol–water partition coefficient (Wildman–Crippen LogP) is 5.31. The quantitative estimate of drug-likeness (QED) is 0.250. The normalized spacial score (nSPS) is 14.7. The topological polar surface area (TPSA) is 98.9 Å². The number of fused-ring (bicyclic) bond motifs is 2. The fourth-order valence-corrected chi connectivity index (χ4v) is 5.31. The van der Waals surface area contributed by atoms with Gasteiger partial charge in [-0.25, -0.2) is 9.78 Å². The van der Waals surface area contributed by atoms with Crippen LogP contribution in [-0.4, -0.2) is 30.6 Å². The van der Waals surface area contributed by atoms with E-state index in [-0.39, 0.29) is 37.7 Å². The number of hydrogen-bond donors (Lipinski definition) is 0. The van der Waals surface area contributed by atoms with Crippen molar-refractivity contribution in [1.29, 1.82) is 0 Å². The molecule has 0 saturated carbocycles. The Morgan fingerprint density at radius 2 is 2.00 bits per heavy atom. The third-order valence-electron chi connectivity index (χ3n) is 5.76. The molecule has 2 aromatic heterocycles. The SMILES string of the molecule is C=CCOc1ccc(C2c3c(oc4ccc(Cl)cc4c3=O)C(=O)N2c2nc(C)c(C(=O)OC)s2)cc1. The van der Waals surface area contributed by atoms with E-state index >= 15 is 0 Å². The number of methoxy groups -OCH3 is 1. The van der Waals surface area contributed by atoms with Crippen molar-refractivity contribution in [2.75, 3.05) is 18.6 Å². The highest BCUT2D eigenvalue weighted by molar-refractivity contribution is 7.17. The van der Waals surface area contributed by atoms with Crippen LogP contribution in [-0.2, 0) is 4.74 Å². The minimum atomic E-state index is -0.850. The molecular weight excluding hydrogens is 504 g/mol. The molecule has 1 aliphatic heterocycles. The molecule has 0 saturated heterocycles. The number of rotatable bonds is 6. The Bertz CT molecular complexity index is 1590. The van der Waals surface area contributed by atoms with Gasteiger partial charge in [0.2, 0.25) is 5.76 Å². The molecule has 36 heavy (non-hydrogen) atoms. The number of anilines is 1. The van der Waals surface area contributed by atoms with Gasteiger partial charge in [-0.2, -0.15) is 0 Å². The van der Waals surface area contributed by atoms with E-state index in [0.29, 0.717) is 28.6 Å². The summed E-state index contributed by atoms with van der Waals surface area (Å²) in [5.41, 5.74) is 1.09. The molecular formula is C26H19ClN2O6S. The molecule has 0 bridgehead atoms. The van der Waals surface area contributed by atoms with Gasteiger partial charge in [-0.15, -0.1) is 0 Å². The fourth-order valence-electron chi connectivity index (χ4n) is 4.13. The first-order valence-corrected chi connectivity index (χ1v) is 12.0. The molecule has 1 unspecified atom stereocenters. The van der Waals surface area contributed by atoms with Gasteiger partial charge in [-0.3, -0.25) is 14.5 Å². The maximum Gasteiger partial charge on any atom is 0.350 e. The van der Waals surface area contributed by atoms with Gasteiger partial charge in [0.1, 0.15) is 22.8 Å². The van der Waals surface area contributed by atoms with Crippen LogP contribution < -0.4 is 15.1 Å². The molecule has 3 heterocycles. The second-order valence-electron chi connectivity index (χ2n) is 7.96. The molecule has 4 aromatic rings. The van der Waals surface area contributed by atoms with Crippen LogP contribution in [0.4, 0.5) is 5.13 Å². The number of nitrogens with zero attached hydrogens (tertiary/aromatic N) is 2. The van der Waals surface area contributed by atoms with Crippen molar-refractivity contribution in [2.24, 2.45) is 0 Å². The molecule has 0 spiro atoms. The predicted molar refractivity (Wildman–Crippen MR) is 136 cm³/mol. The second kappa shape index (κ2) is 9.25. The fraction of sp³-hybridized carbons (Fsp3) is 0.154. The molecule has 1 atom stereocenters. The van der Waals surface area contributed by atoms with Gasteiger partial charge in [0, 0.05) is 5.02 Å². The highest BCUT2D eigenvalue weighted by Crippen LogP contribution is 2.43. The van der Waals surface area contributed by atoms with E-state index in [2.05, 4.69) is 11.6 Å². The Balaban J connectivity index is 1.72. The van der Waals surface area contributed by atoms with E-state index in [1.165, 1.54) is 18.1 Å². The number of thiazole rings is 1. The number of aromatic nitrogens is 1. The summed E-state index contributed by atoms with van der Waals surface area (Å²) in [6.07, 6.45) is 1.63. The molecule has 1 aliphatic rings. The first-order chi connectivity index (χ1) is 17.3. The van der Waals surface area contributed by atoms with Gasteiger partial charge >= 0.3 is 5.97 Å². The average Bonchev–Trinajstić information content (AvgIpc) is 3.40. The molecule has 5 rings (SSSR count). The van der Waals surface area contributed by atoms with E-state index in [4.69, 9.17) is 25.5 Å². The highest BCUT2D eigenvalue weighted by Gasteiger charge is 2.45. The van der Waals surface area contributed by atoms with E-state index in [9.17, 15) is 14.4 Å². The van der Waals surface area contributed by atoms with E-state index in [0.717, 1.165) is 11.3 Å². The molecule has 2 aromatic carbocycles. The maximum atomic E-state index is 13.7. The number of halogens is 1. The number of carbonyl (C=O) groups is 2. The van der Waals surface area contributed by atoms with Crippen LogP contribution in [0.2, 0.25) is 5.02 Å². The number of hydrogen-bond acceptors (Lipinski definition) is 8. The summed E-state index contributed by atoms with van der Waals surface area (Å²) in [6, 6.07) is 10.8. The summed E-state index contributed by atoms with van der Waals surface area (Å²) < 4.78 is 16.4. The average molecular weight is 523 g/mol. The summed E-state index contributed by atoms with van der Waals surface area (Å²) in [6.45, 7) is 5.63. The minimum absolute atomic E-state index is 0.0840. The molecule has 0 fully saturated rings. The first-order valence-electron chi connectivity index (χ1n) is 10.8. The number of amides is 1. The summed E-state index contributed by atoms with van der Waals surface area (Å²) in [5, 5.41) is 0.870. The van der Waals surface area contributed by atoms with Crippen molar-refractivity contribution < 1.29 is 23.5 Å². The number of aryl methyl sites for hydroxylation is 1. The highest BCUT2D eigenvalue weighted by atomic mass is 35.5. The van der Waals surface area contributed by atoms with Crippen LogP contribution in [0, 0.1) is 6.92 Å². The summed E-state index contributed by atoms with van der Waals surface area (Å²) in [4.78, 5) is 45.7. The third-order valence-corrected chi connectivity index (χ3v) is 7.13. The number of ether oxygens (including phenoxy) is 2. The van der Waals surface area contributed by atoms with Crippen LogP contribution in [0.25, 0.3) is 11.0 Å². The van der Waals surface area contributed by atoms with Crippen LogP contribution in [0.3, 0.4) is 0 Å². The molecule has 182 valence electrons. The number of benzene rings is 2. The molecule has 10 heteroatoms. The Kier molecular flexibility index (Phi) is 6.11. The van der Waals surface area contributed by atoms with Crippen molar-refractivity contribution in [1.82, 2.24) is 4.98 Å². The summed E-state index contributed by atoms with van der Waals surface area (Å²) >= 11 is 7.15. The summed E-state index contributed by atoms with van der Waals surface area (Å²) in [5.74, 6) is -0.583. The number of carbonyl (C=O) groups excluding carboxylic acids is 2. The summed E-state index contributed by atoms with van der Waals surface area (Å²) in [7, 11) is 1.27. The van der Waals surface area contributed by atoms with Gasteiger partial charge in [0.15, 0.2) is 10.6 Å². The molecule has 0 radical (unpaired) electrons. The lowest BCUT2D eigenvalue weighted by atomic mass is 9.98. The lowest BCUT2D eigenvalue weighted by Crippen LogP contribution is -2.29. The van der Waals surface area contributed by atoms with Crippen molar-refractivity contribution in [2.45, 2.75) is 13.0 Å². The zero-order chi connectivity index (χ0) is 25.6. The Morgan fingerprint density at radius 3 is 2.69 bits per heavy atom. The minimum Gasteiger partial charge on any atom is -0.490 e. The van der Waals surface area contributed by atoms with Gasteiger partial charge < -0.3 is 13.9 Å². The van der Waals surface area contributed by atoms with Gasteiger partial charge in [-0.1, -0.05) is 47.7 Å². The van der Waals surface area contributed by atoms with E-state index < -0.39 is 17.9 Å². The Morgan fingerprint density at radius 1 is 1.25 bits per heavy atom. The molecule has 1 amide bonds. The molecule has 0 N–H and O–H groups in total. The van der Waals surface area contributed by atoms with Crippen molar-refractivity contribution in [3.63, 3.8) is 0 Å². The van der Waals surface area contributed by atoms with Crippen LogP contribution in [0.15, 0.2) is 64.3 Å². The third kappa shape index (κ3) is 3.86. The first kappa shape index (κ1) is 23.8. The van der Waals surface area contributed by atoms with Gasteiger partial charge in [-0.05, 0) is 42.8 Å². The van der Waals surface area contributed by atoms with Crippen molar-refractivity contribution in [3.8, 4) is 5.75 Å². The van der Waals surface area contributed by atoms with Gasteiger partial charge in [0.05, 0.1) is 29.8 Å². The zero-order valence-electron chi connectivity index (χ0n) is 19.2. The maximum absolute atomic E-state index is 13.7. The Labute approximate surface area is 214 Å². The van der Waals surface area contributed by atoms with Crippen LogP contribution in [0.1, 0.15) is 43.1 Å². The van der Waals surface area contributed by atoms with Crippen LogP contribution >= 0.6 is 22.9 Å². The Hall–Kier alpha value is -3.95. The number of esters is 1. The van der Waals surface area contributed by atoms with E-state index in [1.54, 1.807) is 49.4 Å². The van der Waals surface area contributed by atoms with Gasteiger partial charge in [0.25, 0.3) is 5.91 Å². The molecule has 8 nitrogen and oxygen atoms in total. The standard InChI is InChI=1S/C26H19ClN2O6S/c1-4-11-34-16-8-5-14(6-9-16)20-19-21(30)17-12-15(27)7-10-18(17)35-22(19)24(31)29(20)26-28-13(2)23(36-26)25(32)33-3/h4-10,12,20H,1,11H2,2-3H3. The van der Waals surface area contributed by atoms with Crippen molar-refractivity contribution in [3.05, 3.63) is 97.8 Å².